The molecule has 1 saturated carbocycles. The summed E-state index contributed by atoms with van der Waals surface area (Å²) in [4.78, 5) is 44.4. The first-order chi connectivity index (χ1) is 14.6. The molecule has 0 bridgehead atoms. The number of rotatable bonds is 3. The predicted molar refractivity (Wildman–Crippen MR) is 114 cm³/mol. The zero-order valence-electron chi connectivity index (χ0n) is 17.5. The summed E-state index contributed by atoms with van der Waals surface area (Å²) in [7, 11) is 0. The van der Waals surface area contributed by atoms with Crippen LogP contribution in [0, 0.1) is 0 Å². The molecule has 0 spiro atoms. The summed E-state index contributed by atoms with van der Waals surface area (Å²) < 4.78 is 20.5. The normalized spacial score (nSPS) is 23.1. The van der Waals surface area contributed by atoms with Crippen LogP contribution in [0.15, 0.2) is 23.0 Å². The van der Waals surface area contributed by atoms with Gasteiger partial charge in [-0.2, -0.15) is 0 Å². The van der Waals surface area contributed by atoms with Crippen LogP contribution >= 0.6 is 11.6 Å². The number of hydrogen-bond donors (Lipinski definition) is 1. The molecule has 1 aromatic heterocycles. The first-order valence-electron chi connectivity index (χ1n) is 10.2. The molecule has 31 heavy (non-hydrogen) atoms. The molecular weight excluding hydrogens is 427 g/mol. The molecule has 1 aliphatic heterocycles. The topological polar surface area (TPSA) is 93.5 Å². The van der Waals surface area contributed by atoms with E-state index in [1.165, 1.54) is 4.57 Å². The Labute approximate surface area is 183 Å². The molecule has 1 N–H and O–H groups in total. The van der Waals surface area contributed by atoms with Gasteiger partial charge in [0.15, 0.2) is 0 Å². The molecule has 2 aliphatic rings. The van der Waals surface area contributed by atoms with Crippen molar-refractivity contribution >= 4 is 40.5 Å². The zero-order chi connectivity index (χ0) is 22.5. The van der Waals surface area contributed by atoms with Crippen LogP contribution < -0.4 is 15.8 Å². The Morgan fingerprint density at radius 3 is 2.68 bits per heavy atom. The lowest BCUT2D eigenvalue weighted by atomic mass is 10.2. The minimum absolute atomic E-state index is 0.202. The Morgan fingerprint density at radius 2 is 2.03 bits per heavy atom. The third-order valence-corrected chi connectivity index (χ3v) is 5.62. The molecule has 2 fully saturated rings. The van der Waals surface area contributed by atoms with Gasteiger partial charge in [0.1, 0.15) is 17.8 Å². The fourth-order valence-corrected chi connectivity index (χ4v) is 4.13. The van der Waals surface area contributed by atoms with Gasteiger partial charge in [0.05, 0.1) is 22.0 Å². The Balaban J connectivity index is 1.71. The van der Waals surface area contributed by atoms with Gasteiger partial charge in [-0.15, -0.1) is 0 Å². The standard InChI is InChI=1S/C21H24ClFN4O4/c1-21(2,3)31-20(30)25-17(28)14-8-5-9-26(14)19-24-13-7-4-6-11(22)16(13)18(29)27(19)15-10-12(15)23/h4,6-7,12,14-15H,5,8-10H2,1-3H3,(H,25,28,30)/t12-,14-,15+/m0/s1. The predicted octanol–water partition coefficient (Wildman–Crippen LogP) is 3.35. The number of anilines is 1. The highest BCUT2D eigenvalue weighted by Gasteiger charge is 2.44. The molecule has 1 aliphatic carbocycles. The van der Waals surface area contributed by atoms with Crippen LogP contribution in [0.5, 0.6) is 0 Å². The third kappa shape index (κ3) is 4.23. The Morgan fingerprint density at radius 1 is 1.32 bits per heavy atom. The van der Waals surface area contributed by atoms with E-state index in [0.717, 1.165) is 0 Å². The smallest absolute Gasteiger partial charge is 0.414 e. The quantitative estimate of drug-likeness (QED) is 0.770. The van der Waals surface area contributed by atoms with Crippen LogP contribution in [-0.4, -0.2) is 45.9 Å². The van der Waals surface area contributed by atoms with Crippen molar-refractivity contribution in [2.75, 3.05) is 11.4 Å². The van der Waals surface area contributed by atoms with E-state index in [-0.39, 0.29) is 22.8 Å². The maximum Gasteiger partial charge on any atom is 0.414 e. The maximum atomic E-state index is 14.0. The van der Waals surface area contributed by atoms with Crippen molar-refractivity contribution in [2.24, 2.45) is 0 Å². The second-order valence-electron chi connectivity index (χ2n) is 8.88. The summed E-state index contributed by atoms with van der Waals surface area (Å²) in [6.45, 7) is 5.54. The van der Waals surface area contributed by atoms with Gasteiger partial charge in [0.2, 0.25) is 5.95 Å². The van der Waals surface area contributed by atoms with E-state index < -0.39 is 41.4 Å². The molecule has 0 unspecified atom stereocenters. The third-order valence-electron chi connectivity index (χ3n) is 5.31. The van der Waals surface area contributed by atoms with Crippen molar-refractivity contribution < 1.29 is 18.7 Å². The summed E-state index contributed by atoms with van der Waals surface area (Å²) in [5.41, 5.74) is -0.812. The van der Waals surface area contributed by atoms with Crippen molar-refractivity contribution in [1.82, 2.24) is 14.9 Å². The van der Waals surface area contributed by atoms with Crippen molar-refractivity contribution in [3.63, 3.8) is 0 Å². The summed E-state index contributed by atoms with van der Waals surface area (Å²) in [6.07, 6.45) is -0.685. The van der Waals surface area contributed by atoms with Crippen LogP contribution in [0.4, 0.5) is 15.1 Å². The lowest BCUT2D eigenvalue weighted by Gasteiger charge is -2.28. The highest BCUT2D eigenvalue weighted by molar-refractivity contribution is 6.35. The van der Waals surface area contributed by atoms with Gasteiger partial charge < -0.3 is 9.64 Å². The van der Waals surface area contributed by atoms with Crippen LogP contribution in [0.1, 0.15) is 46.1 Å². The number of halogens is 2. The fourth-order valence-electron chi connectivity index (χ4n) is 3.88. The molecule has 3 atom stereocenters. The van der Waals surface area contributed by atoms with E-state index in [4.69, 9.17) is 16.3 Å². The summed E-state index contributed by atoms with van der Waals surface area (Å²) in [5.74, 6) is -0.335. The highest BCUT2D eigenvalue weighted by Crippen LogP contribution is 2.41. The van der Waals surface area contributed by atoms with Gasteiger partial charge in [-0.3, -0.25) is 19.5 Å². The number of imide groups is 1. The van der Waals surface area contributed by atoms with E-state index in [0.29, 0.717) is 24.9 Å². The average Bonchev–Trinajstić information content (AvgIpc) is 3.17. The summed E-state index contributed by atoms with van der Waals surface area (Å²) in [6, 6.07) is 3.54. The van der Waals surface area contributed by atoms with E-state index in [1.807, 2.05) is 0 Å². The van der Waals surface area contributed by atoms with Crippen molar-refractivity contribution in [1.29, 1.82) is 0 Å². The van der Waals surface area contributed by atoms with Crippen molar-refractivity contribution in [3.8, 4) is 0 Å². The second-order valence-corrected chi connectivity index (χ2v) is 9.29. The SMILES string of the molecule is CC(C)(C)OC(=O)NC(=O)[C@@H]1CCCN1c1nc2cccc(Cl)c2c(=O)n1[C@@H]1C[C@@H]1F. The number of carbonyl (C=O) groups excluding carboxylic acids is 2. The lowest BCUT2D eigenvalue weighted by Crippen LogP contribution is -2.48. The van der Waals surface area contributed by atoms with Crippen LogP contribution in [0.2, 0.25) is 5.02 Å². The number of fused-ring (bicyclic) bond motifs is 1. The van der Waals surface area contributed by atoms with Crippen LogP contribution in [0.3, 0.4) is 0 Å². The lowest BCUT2D eigenvalue weighted by molar-refractivity contribution is -0.121. The van der Waals surface area contributed by atoms with Gasteiger partial charge in [0, 0.05) is 13.0 Å². The number of nitrogens with zero attached hydrogens (tertiary/aromatic N) is 3. The van der Waals surface area contributed by atoms with Crippen molar-refractivity contribution in [3.05, 3.63) is 33.6 Å². The fraction of sp³-hybridized carbons (Fsp3) is 0.524. The molecule has 1 saturated heterocycles. The van der Waals surface area contributed by atoms with Gasteiger partial charge in [-0.05, 0) is 45.7 Å². The molecule has 0 radical (unpaired) electrons. The molecule has 2 aromatic rings. The Hall–Kier alpha value is -2.68. The number of hydrogen-bond acceptors (Lipinski definition) is 6. The number of alkyl carbamates (subject to hydrolysis) is 1. The van der Waals surface area contributed by atoms with Crippen molar-refractivity contribution in [2.45, 2.75) is 63.9 Å². The number of alkyl halides is 1. The molecule has 10 heteroatoms. The maximum absolute atomic E-state index is 14.0. The number of aromatic nitrogens is 2. The largest absolute Gasteiger partial charge is 0.444 e. The Kier molecular flexibility index (Phi) is 5.41. The molecule has 8 nitrogen and oxygen atoms in total. The highest BCUT2D eigenvalue weighted by atomic mass is 35.5. The second kappa shape index (κ2) is 7.78. The average molecular weight is 451 g/mol. The van der Waals surface area contributed by atoms with Crippen LogP contribution in [-0.2, 0) is 9.53 Å². The van der Waals surface area contributed by atoms with E-state index in [2.05, 4.69) is 10.3 Å². The molecule has 2 heterocycles. The molecular formula is C21H24ClFN4O4. The first-order valence-corrected chi connectivity index (χ1v) is 10.6. The van der Waals surface area contributed by atoms with Gasteiger partial charge in [-0.25, -0.2) is 14.2 Å². The van der Waals surface area contributed by atoms with Gasteiger partial charge >= 0.3 is 6.09 Å². The number of nitrogens with one attached hydrogen (secondary N) is 1. The number of benzene rings is 1. The Bertz CT molecular complexity index is 1110. The molecule has 166 valence electrons. The minimum atomic E-state index is -1.16. The van der Waals surface area contributed by atoms with E-state index in [1.54, 1.807) is 43.9 Å². The molecule has 2 amide bonds. The van der Waals surface area contributed by atoms with E-state index in [9.17, 15) is 18.8 Å². The number of carbonyl (C=O) groups is 2. The molecule has 1 aromatic carbocycles. The zero-order valence-corrected chi connectivity index (χ0v) is 18.3. The number of amides is 2. The van der Waals surface area contributed by atoms with Crippen LogP contribution in [0.25, 0.3) is 10.9 Å². The van der Waals surface area contributed by atoms with Gasteiger partial charge in [-0.1, -0.05) is 17.7 Å². The minimum Gasteiger partial charge on any atom is -0.444 e. The molecule has 4 rings (SSSR count). The van der Waals surface area contributed by atoms with E-state index >= 15 is 0 Å². The first kappa shape index (κ1) is 21.5. The monoisotopic (exact) mass is 450 g/mol. The van der Waals surface area contributed by atoms with Gasteiger partial charge in [0.25, 0.3) is 11.5 Å². The summed E-state index contributed by atoms with van der Waals surface area (Å²) in [5, 5.41) is 2.73. The summed E-state index contributed by atoms with van der Waals surface area (Å²) >= 11 is 6.22. The number of ether oxygens (including phenoxy) is 1.